The molecule has 0 aromatic heterocycles. The zero-order valence-electron chi connectivity index (χ0n) is 7.59. The Morgan fingerprint density at radius 3 is 2.00 bits per heavy atom. The van der Waals surface area contributed by atoms with Crippen LogP contribution in [0.15, 0.2) is 0 Å². The third-order valence-electron chi connectivity index (χ3n) is 2.59. The van der Waals surface area contributed by atoms with Gasteiger partial charge in [-0.2, -0.15) is 0 Å². The van der Waals surface area contributed by atoms with Gasteiger partial charge < -0.3 is 25.7 Å². The van der Waals surface area contributed by atoms with E-state index < -0.39 is 24.4 Å². The van der Waals surface area contributed by atoms with E-state index in [4.69, 9.17) is 5.11 Å². The van der Waals surface area contributed by atoms with Gasteiger partial charge in [-0.15, -0.1) is 0 Å². The Kier molecular flexibility index (Phi) is 3.63. The fraction of sp³-hybridized carbons (Fsp3) is 1.00. The second-order valence-electron chi connectivity index (χ2n) is 3.44. The Labute approximate surface area is 77.0 Å². The summed E-state index contributed by atoms with van der Waals surface area (Å²) in [6, 6.07) is -0.820. The molecule has 0 unspecified atom stereocenters. The summed E-state index contributed by atoms with van der Waals surface area (Å²) in [4.78, 5) is 0. The summed E-state index contributed by atoms with van der Waals surface area (Å²) >= 11 is 0. The van der Waals surface area contributed by atoms with Crippen LogP contribution < -0.4 is 5.32 Å². The van der Waals surface area contributed by atoms with Gasteiger partial charge in [-0.25, -0.2) is 0 Å². The van der Waals surface area contributed by atoms with Crippen LogP contribution in [0.25, 0.3) is 0 Å². The second kappa shape index (κ2) is 4.34. The highest BCUT2D eigenvalue weighted by molar-refractivity contribution is 4.97. The van der Waals surface area contributed by atoms with Crippen molar-refractivity contribution in [3.8, 4) is 0 Å². The summed E-state index contributed by atoms with van der Waals surface area (Å²) in [6.45, 7) is 1.61. The van der Waals surface area contributed by atoms with E-state index in [9.17, 15) is 15.3 Å². The molecule has 0 aromatic carbocycles. The van der Waals surface area contributed by atoms with E-state index in [2.05, 4.69) is 5.32 Å². The van der Waals surface area contributed by atoms with Gasteiger partial charge in [0.05, 0.1) is 24.9 Å². The van der Waals surface area contributed by atoms with Crippen molar-refractivity contribution < 1.29 is 20.4 Å². The number of aliphatic hydroxyl groups is 4. The lowest BCUT2D eigenvalue weighted by molar-refractivity contribution is -0.119. The summed E-state index contributed by atoms with van der Waals surface area (Å²) < 4.78 is 0. The van der Waals surface area contributed by atoms with Gasteiger partial charge in [0.15, 0.2) is 0 Å². The fourth-order valence-electron chi connectivity index (χ4n) is 1.67. The van der Waals surface area contributed by atoms with Crippen molar-refractivity contribution in [3.05, 3.63) is 0 Å². The molecule has 1 saturated heterocycles. The minimum atomic E-state index is -1.18. The van der Waals surface area contributed by atoms with Crippen molar-refractivity contribution >= 4 is 0 Å². The maximum atomic E-state index is 9.47. The van der Waals surface area contributed by atoms with Crippen LogP contribution in [-0.2, 0) is 0 Å². The number of hydrogen-bond acceptors (Lipinski definition) is 5. The highest BCUT2D eigenvalue weighted by Gasteiger charge is 2.40. The maximum Gasteiger partial charge on any atom is 0.109 e. The standard InChI is InChI=1S/C8H17NO4/c1-2-4-6(11)8(13)7(12)5(3-10)9-4/h4-13H,2-3H2,1H3/t4-,5-,6-,7+,8+/m1/s1. The molecule has 0 spiro atoms. The van der Waals surface area contributed by atoms with E-state index in [-0.39, 0.29) is 12.6 Å². The molecule has 1 aliphatic heterocycles. The van der Waals surface area contributed by atoms with E-state index >= 15 is 0 Å². The quantitative estimate of drug-likeness (QED) is 0.342. The first-order valence-electron chi connectivity index (χ1n) is 4.53. The Bertz CT molecular complexity index is 146. The highest BCUT2D eigenvalue weighted by atomic mass is 16.4. The van der Waals surface area contributed by atoms with Gasteiger partial charge in [0.25, 0.3) is 0 Å². The van der Waals surface area contributed by atoms with Gasteiger partial charge in [-0.3, -0.25) is 0 Å². The fourth-order valence-corrected chi connectivity index (χ4v) is 1.67. The normalized spacial score (nSPS) is 46.4. The molecular weight excluding hydrogens is 174 g/mol. The van der Waals surface area contributed by atoms with Crippen molar-refractivity contribution in [2.45, 2.75) is 43.7 Å². The Morgan fingerprint density at radius 1 is 1.00 bits per heavy atom. The van der Waals surface area contributed by atoms with Gasteiger partial charge in [0, 0.05) is 6.04 Å². The van der Waals surface area contributed by atoms with E-state index in [1.165, 1.54) is 0 Å². The molecule has 5 atom stereocenters. The molecule has 0 radical (unpaired) electrons. The predicted octanol–water partition coefficient (Wildman–Crippen LogP) is -2.19. The lowest BCUT2D eigenvalue weighted by Gasteiger charge is -2.40. The molecule has 1 fully saturated rings. The predicted molar refractivity (Wildman–Crippen MR) is 46.1 cm³/mol. The smallest absolute Gasteiger partial charge is 0.109 e. The van der Waals surface area contributed by atoms with Crippen LogP contribution in [-0.4, -0.2) is 57.4 Å². The summed E-state index contributed by atoms with van der Waals surface area (Å²) in [6.07, 6.45) is -2.62. The van der Waals surface area contributed by atoms with E-state index in [1.807, 2.05) is 6.92 Å². The number of rotatable bonds is 2. The average Bonchev–Trinajstić information content (AvgIpc) is 2.15. The molecule has 5 nitrogen and oxygen atoms in total. The van der Waals surface area contributed by atoms with Gasteiger partial charge >= 0.3 is 0 Å². The number of nitrogens with one attached hydrogen (secondary N) is 1. The molecule has 5 heteroatoms. The van der Waals surface area contributed by atoms with Crippen LogP contribution in [0.1, 0.15) is 13.3 Å². The summed E-state index contributed by atoms with van der Waals surface area (Å²) in [7, 11) is 0. The van der Waals surface area contributed by atoms with Crippen molar-refractivity contribution in [2.24, 2.45) is 0 Å². The maximum absolute atomic E-state index is 9.47. The molecule has 5 N–H and O–H groups in total. The van der Waals surface area contributed by atoms with Crippen LogP contribution in [0.3, 0.4) is 0 Å². The minimum absolute atomic E-state index is 0.249. The Morgan fingerprint density at radius 2 is 1.54 bits per heavy atom. The van der Waals surface area contributed by atoms with Crippen LogP contribution in [0.5, 0.6) is 0 Å². The molecule has 0 bridgehead atoms. The zero-order valence-corrected chi connectivity index (χ0v) is 7.59. The topological polar surface area (TPSA) is 93.0 Å². The molecule has 1 rings (SSSR count). The second-order valence-corrected chi connectivity index (χ2v) is 3.44. The van der Waals surface area contributed by atoms with Gasteiger partial charge in [0.1, 0.15) is 6.10 Å². The third kappa shape index (κ3) is 2.00. The molecule has 0 aromatic rings. The first-order valence-corrected chi connectivity index (χ1v) is 4.53. The summed E-state index contributed by atoms with van der Waals surface area (Å²) in [5.74, 6) is 0. The molecule has 78 valence electrons. The van der Waals surface area contributed by atoms with Crippen molar-refractivity contribution in [3.63, 3.8) is 0 Å². The third-order valence-corrected chi connectivity index (χ3v) is 2.59. The highest BCUT2D eigenvalue weighted by Crippen LogP contribution is 2.16. The molecule has 0 amide bonds. The summed E-state index contributed by atoms with van der Waals surface area (Å²) in [5, 5.41) is 40.0. The van der Waals surface area contributed by atoms with Crippen molar-refractivity contribution in [2.75, 3.05) is 6.61 Å². The van der Waals surface area contributed by atoms with E-state index in [0.717, 1.165) is 0 Å². The van der Waals surface area contributed by atoms with Gasteiger partial charge in [-0.05, 0) is 6.42 Å². The molecule has 1 aliphatic rings. The SMILES string of the molecule is CC[C@H]1N[C@H](CO)[C@H](O)[C@@H](O)[C@@H]1O. The van der Waals surface area contributed by atoms with Gasteiger partial charge in [-0.1, -0.05) is 6.92 Å². The largest absolute Gasteiger partial charge is 0.395 e. The molecule has 0 aliphatic carbocycles. The van der Waals surface area contributed by atoms with Crippen molar-refractivity contribution in [1.29, 1.82) is 0 Å². The zero-order chi connectivity index (χ0) is 10.0. The number of aliphatic hydroxyl groups excluding tert-OH is 4. The lowest BCUT2D eigenvalue weighted by Crippen LogP contribution is -2.65. The molecular formula is C8H17NO4. The van der Waals surface area contributed by atoms with Crippen LogP contribution in [0.2, 0.25) is 0 Å². The lowest BCUT2D eigenvalue weighted by atomic mass is 9.89. The molecule has 1 heterocycles. The minimum Gasteiger partial charge on any atom is -0.395 e. The molecule has 0 saturated carbocycles. The van der Waals surface area contributed by atoms with Crippen LogP contribution >= 0.6 is 0 Å². The first-order chi connectivity index (χ1) is 6.11. The molecule has 13 heavy (non-hydrogen) atoms. The average molecular weight is 191 g/mol. The Hall–Kier alpha value is -0.200. The van der Waals surface area contributed by atoms with E-state index in [1.54, 1.807) is 0 Å². The van der Waals surface area contributed by atoms with Crippen LogP contribution in [0.4, 0.5) is 0 Å². The van der Waals surface area contributed by atoms with E-state index in [0.29, 0.717) is 6.42 Å². The van der Waals surface area contributed by atoms with Crippen molar-refractivity contribution in [1.82, 2.24) is 5.32 Å². The Balaban J connectivity index is 2.66. The monoisotopic (exact) mass is 191 g/mol. The number of piperidine rings is 1. The van der Waals surface area contributed by atoms with Gasteiger partial charge in [0.2, 0.25) is 0 Å². The first kappa shape index (κ1) is 10.9. The van der Waals surface area contributed by atoms with Crippen LogP contribution in [0, 0.1) is 0 Å². The number of hydrogen-bond donors (Lipinski definition) is 5. The summed E-state index contributed by atoms with van der Waals surface area (Å²) in [5.41, 5.74) is 0.